The molecule has 6 heteroatoms. The summed E-state index contributed by atoms with van der Waals surface area (Å²) < 4.78 is 5.14. The summed E-state index contributed by atoms with van der Waals surface area (Å²) in [5.74, 6) is 1.04. The first-order valence-corrected chi connectivity index (χ1v) is 6.66. The molecular weight excluding hydrogens is 262 g/mol. The molecule has 2 rings (SSSR count). The summed E-state index contributed by atoms with van der Waals surface area (Å²) >= 11 is 1.26. The average molecular weight is 277 g/mol. The number of ether oxygens (including phenoxy) is 1. The maximum absolute atomic E-state index is 11.6. The molecule has 0 amide bonds. The van der Waals surface area contributed by atoms with E-state index < -0.39 is 0 Å². The van der Waals surface area contributed by atoms with Gasteiger partial charge in [-0.15, -0.1) is 0 Å². The maximum atomic E-state index is 11.6. The number of hydrogen-bond acceptors (Lipinski definition) is 6. The van der Waals surface area contributed by atoms with Crippen molar-refractivity contribution < 1.29 is 9.53 Å². The third kappa shape index (κ3) is 3.03. The Kier molecular flexibility index (Phi) is 4.01. The van der Waals surface area contributed by atoms with Crippen LogP contribution in [0.2, 0.25) is 0 Å². The highest BCUT2D eigenvalue weighted by Gasteiger charge is 2.14. The van der Waals surface area contributed by atoms with E-state index in [0.29, 0.717) is 16.4 Å². The van der Waals surface area contributed by atoms with E-state index in [2.05, 4.69) is 10.3 Å². The normalized spacial score (nSPS) is 10.2. The first-order chi connectivity index (χ1) is 9.13. The minimum absolute atomic E-state index is 0.00805. The number of hydrogen-bond donors (Lipinski definition) is 2. The first-order valence-electron chi connectivity index (χ1n) is 5.84. The molecule has 0 radical (unpaired) electrons. The molecule has 5 nitrogen and oxygen atoms in total. The van der Waals surface area contributed by atoms with Crippen LogP contribution in [0.15, 0.2) is 24.3 Å². The average Bonchev–Trinajstić information content (AvgIpc) is 2.79. The third-order valence-electron chi connectivity index (χ3n) is 2.55. The molecular formula is C13H15N3O2S. The number of thiazole rings is 1. The van der Waals surface area contributed by atoms with Crippen molar-refractivity contribution in [1.82, 2.24) is 4.98 Å². The summed E-state index contributed by atoms with van der Waals surface area (Å²) in [4.78, 5) is 16.3. The molecule has 0 unspecified atom stereocenters. The minimum Gasteiger partial charge on any atom is -0.497 e. The number of methoxy groups -OCH3 is 1. The van der Waals surface area contributed by atoms with Gasteiger partial charge in [-0.3, -0.25) is 4.79 Å². The van der Waals surface area contributed by atoms with Crippen LogP contribution in [0.25, 0.3) is 0 Å². The monoisotopic (exact) mass is 277 g/mol. The fourth-order valence-electron chi connectivity index (χ4n) is 1.57. The van der Waals surface area contributed by atoms with Gasteiger partial charge < -0.3 is 15.8 Å². The summed E-state index contributed by atoms with van der Waals surface area (Å²) in [5.41, 5.74) is 6.58. The van der Waals surface area contributed by atoms with Gasteiger partial charge in [0.05, 0.1) is 7.11 Å². The number of carbonyl (C=O) groups is 1. The van der Waals surface area contributed by atoms with Gasteiger partial charge in [0.1, 0.15) is 16.4 Å². The Morgan fingerprint density at radius 2 is 2.32 bits per heavy atom. The van der Waals surface area contributed by atoms with Crippen LogP contribution < -0.4 is 15.8 Å². The number of nitrogens with two attached hydrogens (primary N) is 1. The first kappa shape index (κ1) is 13.4. The van der Waals surface area contributed by atoms with Crippen molar-refractivity contribution in [3.8, 4) is 5.75 Å². The molecule has 1 aromatic carbocycles. The minimum atomic E-state index is 0.00805. The number of Topliss-reactive ketones (excluding diaryl/α,β-unsaturated/α-hetero) is 1. The van der Waals surface area contributed by atoms with Gasteiger partial charge in [-0.25, -0.2) is 4.98 Å². The van der Waals surface area contributed by atoms with E-state index >= 15 is 0 Å². The standard InChI is InChI=1S/C13H15N3O2S/c1-3-10(17)11-12(14)16-13(19-11)15-8-5-4-6-9(7-8)18-2/h4-7H,3,14H2,1-2H3,(H,15,16). The number of nitrogen functional groups attached to an aromatic ring is 1. The molecule has 0 saturated carbocycles. The zero-order valence-corrected chi connectivity index (χ0v) is 11.6. The van der Waals surface area contributed by atoms with Crippen molar-refractivity contribution in [1.29, 1.82) is 0 Å². The molecule has 1 heterocycles. The van der Waals surface area contributed by atoms with Crippen molar-refractivity contribution in [2.24, 2.45) is 0 Å². The fraction of sp³-hybridized carbons (Fsp3) is 0.231. The lowest BCUT2D eigenvalue weighted by molar-refractivity contribution is 0.0992. The van der Waals surface area contributed by atoms with Crippen molar-refractivity contribution in [2.45, 2.75) is 13.3 Å². The predicted molar refractivity (Wildman–Crippen MR) is 77.4 cm³/mol. The number of rotatable bonds is 5. The quantitative estimate of drug-likeness (QED) is 0.821. The van der Waals surface area contributed by atoms with Crippen molar-refractivity contribution >= 4 is 33.8 Å². The van der Waals surface area contributed by atoms with Crippen LogP contribution in [0, 0.1) is 0 Å². The van der Waals surface area contributed by atoms with Crippen LogP contribution in [0.5, 0.6) is 5.75 Å². The number of anilines is 3. The van der Waals surface area contributed by atoms with Crippen LogP contribution in [0.1, 0.15) is 23.0 Å². The van der Waals surface area contributed by atoms with E-state index in [-0.39, 0.29) is 11.6 Å². The van der Waals surface area contributed by atoms with Crippen molar-refractivity contribution in [3.63, 3.8) is 0 Å². The van der Waals surface area contributed by atoms with Gasteiger partial charge in [-0.05, 0) is 12.1 Å². The molecule has 100 valence electrons. The lowest BCUT2D eigenvalue weighted by Crippen LogP contribution is -1.98. The highest BCUT2D eigenvalue weighted by Crippen LogP contribution is 2.29. The summed E-state index contributed by atoms with van der Waals surface area (Å²) in [6.07, 6.45) is 0.422. The second-order valence-electron chi connectivity index (χ2n) is 3.87. The third-order valence-corrected chi connectivity index (χ3v) is 3.58. The van der Waals surface area contributed by atoms with Gasteiger partial charge in [-0.1, -0.05) is 24.3 Å². The number of nitrogens with zero attached hydrogens (tertiary/aromatic N) is 1. The molecule has 0 bridgehead atoms. The Labute approximate surface area is 115 Å². The molecule has 2 aromatic rings. The second kappa shape index (κ2) is 5.71. The van der Waals surface area contributed by atoms with Gasteiger partial charge in [0.15, 0.2) is 10.9 Å². The molecule has 0 fully saturated rings. The van der Waals surface area contributed by atoms with E-state index in [4.69, 9.17) is 10.5 Å². The van der Waals surface area contributed by atoms with E-state index in [1.807, 2.05) is 24.3 Å². The highest BCUT2D eigenvalue weighted by atomic mass is 32.1. The number of ketones is 1. The predicted octanol–water partition coefficient (Wildman–Crippen LogP) is 3.07. The molecule has 3 N–H and O–H groups in total. The molecule has 0 aliphatic heterocycles. The van der Waals surface area contributed by atoms with Crippen LogP contribution in [-0.2, 0) is 0 Å². The van der Waals surface area contributed by atoms with Crippen molar-refractivity contribution in [3.05, 3.63) is 29.1 Å². The number of nitrogens with one attached hydrogen (secondary N) is 1. The summed E-state index contributed by atoms with van der Waals surface area (Å²) in [6.45, 7) is 1.80. The molecule has 19 heavy (non-hydrogen) atoms. The fourth-order valence-corrected chi connectivity index (χ4v) is 2.48. The van der Waals surface area contributed by atoms with Gasteiger partial charge in [0, 0.05) is 18.2 Å². The topological polar surface area (TPSA) is 77.2 Å². The summed E-state index contributed by atoms with van der Waals surface area (Å²) in [5, 5.41) is 3.71. The lowest BCUT2D eigenvalue weighted by Gasteiger charge is -2.04. The number of aromatic nitrogens is 1. The van der Waals surface area contributed by atoms with E-state index in [1.54, 1.807) is 14.0 Å². The zero-order chi connectivity index (χ0) is 13.8. The van der Waals surface area contributed by atoms with Crippen LogP contribution in [-0.4, -0.2) is 17.9 Å². The van der Waals surface area contributed by atoms with Gasteiger partial charge >= 0.3 is 0 Å². The Morgan fingerprint density at radius 1 is 1.53 bits per heavy atom. The van der Waals surface area contributed by atoms with E-state index in [9.17, 15) is 4.79 Å². The number of carbonyl (C=O) groups excluding carboxylic acids is 1. The number of benzene rings is 1. The molecule has 0 aliphatic carbocycles. The van der Waals surface area contributed by atoms with Gasteiger partial charge in [0.25, 0.3) is 0 Å². The van der Waals surface area contributed by atoms with E-state index in [0.717, 1.165) is 11.4 Å². The lowest BCUT2D eigenvalue weighted by atomic mass is 10.3. The van der Waals surface area contributed by atoms with Crippen LogP contribution in [0.3, 0.4) is 0 Å². The van der Waals surface area contributed by atoms with Gasteiger partial charge in [0.2, 0.25) is 0 Å². The summed E-state index contributed by atoms with van der Waals surface area (Å²) in [7, 11) is 1.61. The van der Waals surface area contributed by atoms with Crippen LogP contribution >= 0.6 is 11.3 Å². The Hall–Kier alpha value is -2.08. The summed E-state index contributed by atoms with van der Waals surface area (Å²) in [6, 6.07) is 7.46. The highest BCUT2D eigenvalue weighted by molar-refractivity contribution is 7.18. The Balaban J connectivity index is 2.21. The SMILES string of the molecule is CCC(=O)c1sc(Nc2cccc(OC)c2)nc1N. The van der Waals surface area contributed by atoms with Gasteiger partial charge in [-0.2, -0.15) is 0 Å². The van der Waals surface area contributed by atoms with E-state index in [1.165, 1.54) is 11.3 Å². The molecule has 0 atom stereocenters. The zero-order valence-electron chi connectivity index (χ0n) is 10.8. The Bertz CT molecular complexity index is 595. The Morgan fingerprint density at radius 3 is 3.00 bits per heavy atom. The van der Waals surface area contributed by atoms with Crippen molar-refractivity contribution in [2.75, 3.05) is 18.2 Å². The molecule has 0 saturated heterocycles. The second-order valence-corrected chi connectivity index (χ2v) is 4.87. The molecule has 0 aliphatic rings. The molecule has 0 spiro atoms. The maximum Gasteiger partial charge on any atom is 0.189 e. The molecule has 1 aromatic heterocycles. The smallest absolute Gasteiger partial charge is 0.189 e. The largest absolute Gasteiger partial charge is 0.497 e. The van der Waals surface area contributed by atoms with Crippen LogP contribution in [0.4, 0.5) is 16.6 Å².